The minimum absolute atomic E-state index is 0.0748. The highest BCUT2D eigenvalue weighted by molar-refractivity contribution is 6.01. The zero-order valence-electron chi connectivity index (χ0n) is 20.8. The maximum atomic E-state index is 13.6. The molecule has 6 heteroatoms. The van der Waals surface area contributed by atoms with Crippen molar-refractivity contribution >= 4 is 11.5 Å². The van der Waals surface area contributed by atoms with Crippen LogP contribution in [0.1, 0.15) is 56.2 Å². The third kappa shape index (κ3) is 3.58. The molecule has 3 heterocycles. The molecule has 0 amide bonds. The first kappa shape index (κ1) is 22.1. The number of Topliss-reactive ketones (excluding diaryl/α,β-unsaturated/α-hetero) is 1. The van der Waals surface area contributed by atoms with Crippen LogP contribution in [0.25, 0.3) is 5.70 Å². The molecule has 2 aromatic rings. The van der Waals surface area contributed by atoms with Crippen LogP contribution in [0.2, 0.25) is 0 Å². The Balaban J connectivity index is 1.53. The van der Waals surface area contributed by atoms with Crippen LogP contribution in [0, 0.1) is 5.41 Å². The number of ketones is 1. The molecule has 0 radical (unpaired) electrons. The molecule has 2 aromatic carbocycles. The van der Waals surface area contributed by atoms with Gasteiger partial charge in [-0.3, -0.25) is 4.79 Å². The fourth-order valence-electron chi connectivity index (χ4n) is 5.94. The Bertz CT molecular complexity index is 1290. The first-order valence-electron chi connectivity index (χ1n) is 12.4. The first-order valence-corrected chi connectivity index (χ1v) is 12.4. The largest absolute Gasteiger partial charge is 0.493 e. The van der Waals surface area contributed by atoms with E-state index in [1.807, 2.05) is 19.1 Å². The Kier molecular flexibility index (Phi) is 5.09. The molecule has 0 aromatic heterocycles. The summed E-state index contributed by atoms with van der Waals surface area (Å²) in [4.78, 5) is 16.0. The van der Waals surface area contributed by atoms with Crippen LogP contribution >= 0.6 is 0 Å². The van der Waals surface area contributed by atoms with Gasteiger partial charge in [0.15, 0.2) is 28.8 Å². The molecule has 0 spiro atoms. The van der Waals surface area contributed by atoms with Gasteiger partial charge < -0.3 is 23.8 Å². The number of carbonyl (C=O) groups is 1. The molecule has 0 unspecified atom stereocenters. The van der Waals surface area contributed by atoms with Gasteiger partial charge in [0, 0.05) is 41.4 Å². The topological polar surface area (TPSA) is 57.2 Å². The average Bonchev–Trinajstić information content (AvgIpc) is 3.29. The summed E-state index contributed by atoms with van der Waals surface area (Å²) in [5.74, 6) is 3.08. The molecule has 1 atom stereocenters. The van der Waals surface area contributed by atoms with Crippen molar-refractivity contribution in [1.82, 2.24) is 4.90 Å². The predicted octanol–water partition coefficient (Wildman–Crippen LogP) is 5.46. The standard InChI is InChI=1S/C29H31NO5/c1-5-33-24-7-6-17(10-25(24)32-4)20-12-21-19-13-27-26(34-16-35-27)11-18(19)8-9-30(21)22-14-29(2,3)15-23(31)28(20)22/h6-7,10-13,20H,5,8-9,14-16H2,1-4H3/t20-/m1/s1. The van der Waals surface area contributed by atoms with Gasteiger partial charge in [0.2, 0.25) is 6.79 Å². The summed E-state index contributed by atoms with van der Waals surface area (Å²) < 4.78 is 22.8. The fourth-order valence-corrected chi connectivity index (χ4v) is 5.94. The molecule has 6 nitrogen and oxygen atoms in total. The van der Waals surface area contributed by atoms with Gasteiger partial charge in [0.25, 0.3) is 0 Å². The highest BCUT2D eigenvalue weighted by atomic mass is 16.7. The second-order valence-corrected chi connectivity index (χ2v) is 10.4. The summed E-state index contributed by atoms with van der Waals surface area (Å²) in [6.45, 7) is 8.01. The van der Waals surface area contributed by atoms with Crippen LogP contribution < -0.4 is 18.9 Å². The van der Waals surface area contributed by atoms with Gasteiger partial charge in [-0.2, -0.15) is 0 Å². The van der Waals surface area contributed by atoms with Gasteiger partial charge in [0.05, 0.1) is 13.7 Å². The number of benzene rings is 2. The molecule has 0 saturated heterocycles. The molecule has 0 bridgehead atoms. The van der Waals surface area contributed by atoms with Crippen molar-refractivity contribution < 1.29 is 23.7 Å². The highest BCUT2D eigenvalue weighted by Crippen LogP contribution is 2.52. The van der Waals surface area contributed by atoms with Crippen LogP contribution in [0.3, 0.4) is 0 Å². The monoisotopic (exact) mass is 473 g/mol. The summed E-state index contributed by atoms with van der Waals surface area (Å²) in [6, 6.07) is 10.2. The van der Waals surface area contributed by atoms with Crippen molar-refractivity contribution in [3.63, 3.8) is 0 Å². The van der Waals surface area contributed by atoms with E-state index in [9.17, 15) is 4.79 Å². The van der Waals surface area contributed by atoms with Crippen molar-refractivity contribution in [3.8, 4) is 23.0 Å². The third-order valence-corrected chi connectivity index (χ3v) is 7.47. The minimum atomic E-state index is -0.152. The Morgan fingerprint density at radius 2 is 1.89 bits per heavy atom. The summed E-state index contributed by atoms with van der Waals surface area (Å²) in [5.41, 5.74) is 6.59. The summed E-state index contributed by atoms with van der Waals surface area (Å²) in [6.07, 6.45) is 4.58. The number of fused-ring (bicyclic) bond motifs is 5. The number of ether oxygens (including phenoxy) is 4. The normalized spacial score (nSPS) is 21.7. The van der Waals surface area contributed by atoms with Crippen LogP contribution in [0.15, 0.2) is 47.7 Å². The molecule has 0 saturated carbocycles. The molecule has 1 aliphatic carbocycles. The predicted molar refractivity (Wildman–Crippen MR) is 133 cm³/mol. The number of carbonyl (C=O) groups excluding carboxylic acids is 1. The van der Waals surface area contributed by atoms with E-state index in [0.29, 0.717) is 24.5 Å². The van der Waals surface area contributed by atoms with Crippen molar-refractivity contribution in [3.05, 3.63) is 64.4 Å². The van der Waals surface area contributed by atoms with Gasteiger partial charge >= 0.3 is 0 Å². The lowest BCUT2D eigenvalue weighted by Gasteiger charge is -2.46. The maximum absolute atomic E-state index is 13.6. The van der Waals surface area contributed by atoms with Crippen molar-refractivity contribution in [2.45, 2.75) is 46.0 Å². The summed E-state index contributed by atoms with van der Waals surface area (Å²) in [7, 11) is 1.65. The van der Waals surface area contributed by atoms with E-state index in [0.717, 1.165) is 59.0 Å². The van der Waals surface area contributed by atoms with Gasteiger partial charge in [-0.05, 0) is 66.6 Å². The molecule has 0 N–H and O–H groups in total. The second kappa shape index (κ2) is 8.08. The molecule has 6 rings (SSSR count). The van der Waals surface area contributed by atoms with E-state index in [-0.39, 0.29) is 23.9 Å². The molecule has 182 valence electrons. The van der Waals surface area contributed by atoms with E-state index in [1.165, 1.54) is 5.56 Å². The van der Waals surface area contributed by atoms with Crippen molar-refractivity contribution in [2.75, 3.05) is 27.1 Å². The van der Waals surface area contributed by atoms with Crippen LogP contribution in [-0.4, -0.2) is 37.7 Å². The van der Waals surface area contributed by atoms with Gasteiger partial charge in [-0.1, -0.05) is 19.9 Å². The van der Waals surface area contributed by atoms with Crippen molar-refractivity contribution in [2.24, 2.45) is 5.41 Å². The average molecular weight is 474 g/mol. The van der Waals surface area contributed by atoms with E-state index >= 15 is 0 Å². The smallest absolute Gasteiger partial charge is 0.231 e. The minimum Gasteiger partial charge on any atom is -0.493 e. The summed E-state index contributed by atoms with van der Waals surface area (Å²) >= 11 is 0. The second-order valence-electron chi connectivity index (χ2n) is 10.4. The highest BCUT2D eigenvalue weighted by Gasteiger charge is 2.43. The van der Waals surface area contributed by atoms with Gasteiger partial charge in [-0.25, -0.2) is 0 Å². The number of methoxy groups -OCH3 is 1. The Morgan fingerprint density at radius 1 is 1.09 bits per heavy atom. The first-order chi connectivity index (χ1) is 16.9. The molecule has 4 aliphatic rings. The SMILES string of the molecule is CCOc1ccc([C@H]2C=C3c4cc5c(cc4CCN3C3=C2C(=O)CC(C)(C)C3)OCO5)cc1OC. The van der Waals surface area contributed by atoms with Crippen molar-refractivity contribution in [1.29, 1.82) is 0 Å². The molecular weight excluding hydrogens is 442 g/mol. The number of nitrogens with zero attached hydrogens (tertiary/aromatic N) is 1. The van der Waals surface area contributed by atoms with E-state index in [1.54, 1.807) is 7.11 Å². The number of rotatable bonds is 4. The fraction of sp³-hybridized carbons (Fsp3) is 0.414. The van der Waals surface area contributed by atoms with Crippen LogP contribution in [-0.2, 0) is 11.2 Å². The van der Waals surface area contributed by atoms with Crippen LogP contribution in [0.5, 0.6) is 23.0 Å². The lowest BCUT2D eigenvalue weighted by atomic mass is 9.69. The van der Waals surface area contributed by atoms with E-state index < -0.39 is 0 Å². The Morgan fingerprint density at radius 3 is 2.66 bits per heavy atom. The molecular formula is C29H31NO5. The Hall–Kier alpha value is -3.41. The zero-order valence-corrected chi connectivity index (χ0v) is 20.8. The lowest BCUT2D eigenvalue weighted by Crippen LogP contribution is -2.40. The number of allylic oxidation sites excluding steroid dienone is 3. The quantitative estimate of drug-likeness (QED) is 0.588. The molecule has 0 fully saturated rings. The van der Waals surface area contributed by atoms with Gasteiger partial charge in [0.1, 0.15) is 0 Å². The Labute approximate surface area is 206 Å². The number of hydrogen-bond donors (Lipinski definition) is 0. The van der Waals surface area contributed by atoms with E-state index in [2.05, 4.69) is 43.0 Å². The van der Waals surface area contributed by atoms with Gasteiger partial charge in [-0.15, -0.1) is 0 Å². The maximum Gasteiger partial charge on any atom is 0.231 e. The summed E-state index contributed by atoms with van der Waals surface area (Å²) in [5, 5.41) is 0. The molecule has 35 heavy (non-hydrogen) atoms. The van der Waals surface area contributed by atoms with E-state index in [4.69, 9.17) is 18.9 Å². The number of hydrogen-bond acceptors (Lipinski definition) is 6. The zero-order chi connectivity index (χ0) is 24.3. The molecule has 3 aliphatic heterocycles. The lowest BCUT2D eigenvalue weighted by molar-refractivity contribution is -0.118. The third-order valence-electron chi connectivity index (χ3n) is 7.47. The van der Waals surface area contributed by atoms with Crippen LogP contribution in [0.4, 0.5) is 0 Å².